The van der Waals surface area contributed by atoms with Crippen LogP contribution in [-0.2, 0) is 0 Å². The summed E-state index contributed by atoms with van der Waals surface area (Å²) in [6.45, 7) is 5.12. The van der Waals surface area contributed by atoms with E-state index in [1.54, 1.807) is 0 Å². The van der Waals surface area contributed by atoms with Crippen molar-refractivity contribution in [1.29, 1.82) is 0 Å². The summed E-state index contributed by atoms with van der Waals surface area (Å²) in [6.07, 6.45) is 4.15. The fraction of sp³-hybridized carbons (Fsp3) is 1.00. The molecule has 2 atom stereocenters. The van der Waals surface area contributed by atoms with Crippen LogP contribution in [0, 0.1) is 5.92 Å². The summed E-state index contributed by atoms with van der Waals surface area (Å²) >= 11 is 4.31. The molecular weight excluding hydrogens is 154 g/mol. The Balaban J connectivity index is 2.01. The first-order chi connectivity index (χ1) is 5.27. The van der Waals surface area contributed by atoms with Crippen molar-refractivity contribution in [3.63, 3.8) is 0 Å². The number of nitrogens with zero attached hydrogens (tertiary/aromatic N) is 1. The number of thiol groups is 1. The van der Waals surface area contributed by atoms with Crippen molar-refractivity contribution >= 4 is 12.6 Å². The largest absolute Gasteiger partial charge is 0.298 e. The summed E-state index contributed by atoms with van der Waals surface area (Å²) in [5.74, 6) is 2.00. The van der Waals surface area contributed by atoms with E-state index in [4.69, 9.17) is 0 Å². The Morgan fingerprint density at radius 2 is 2.36 bits per heavy atom. The van der Waals surface area contributed by atoms with Gasteiger partial charge in [0.05, 0.1) is 0 Å². The molecule has 0 aliphatic carbocycles. The van der Waals surface area contributed by atoms with Crippen LogP contribution in [0.5, 0.6) is 0 Å². The molecule has 2 heterocycles. The number of hydrogen-bond donors (Lipinski definition) is 1. The smallest absolute Gasteiger partial charge is 0.0222 e. The normalized spacial score (nSPS) is 43.6. The average molecular weight is 171 g/mol. The molecule has 0 bridgehead atoms. The first kappa shape index (κ1) is 7.93. The fourth-order valence-electron chi connectivity index (χ4n) is 2.69. The zero-order valence-corrected chi connectivity index (χ0v) is 8.11. The predicted molar refractivity (Wildman–Crippen MR) is 51.2 cm³/mol. The summed E-state index contributed by atoms with van der Waals surface area (Å²) in [5, 5.41) is 0. The van der Waals surface area contributed by atoms with Crippen molar-refractivity contribution in [3.8, 4) is 0 Å². The van der Waals surface area contributed by atoms with Crippen molar-refractivity contribution in [1.82, 2.24) is 4.90 Å². The molecule has 2 saturated heterocycles. The summed E-state index contributed by atoms with van der Waals surface area (Å²) in [6, 6.07) is 0. The van der Waals surface area contributed by atoms with Gasteiger partial charge in [-0.05, 0) is 44.4 Å². The molecule has 0 aromatic carbocycles. The summed E-state index contributed by atoms with van der Waals surface area (Å²) < 4.78 is 0. The van der Waals surface area contributed by atoms with Crippen LogP contribution in [0.25, 0.3) is 0 Å². The van der Waals surface area contributed by atoms with Crippen molar-refractivity contribution in [2.75, 3.05) is 18.8 Å². The average Bonchev–Trinajstić information content (AvgIpc) is 2.16. The van der Waals surface area contributed by atoms with Crippen LogP contribution in [0.3, 0.4) is 0 Å². The number of fused-ring (bicyclic) bond motifs is 1. The molecule has 2 rings (SSSR count). The SMILES string of the molecule is C[C@@]12CCN1CCC2CCS. The Kier molecular flexibility index (Phi) is 1.92. The lowest BCUT2D eigenvalue weighted by Gasteiger charge is -2.49. The van der Waals surface area contributed by atoms with Gasteiger partial charge in [0.15, 0.2) is 0 Å². The molecule has 0 aromatic heterocycles. The summed E-state index contributed by atoms with van der Waals surface area (Å²) in [7, 11) is 0. The van der Waals surface area contributed by atoms with Crippen LogP contribution in [-0.4, -0.2) is 29.3 Å². The molecule has 2 aliphatic heterocycles. The molecular formula is C9H17NS. The van der Waals surface area contributed by atoms with E-state index < -0.39 is 0 Å². The lowest BCUT2D eigenvalue weighted by Crippen LogP contribution is -2.56. The van der Waals surface area contributed by atoms with E-state index in [1.165, 1.54) is 32.4 Å². The van der Waals surface area contributed by atoms with Crippen molar-refractivity contribution in [2.45, 2.75) is 31.7 Å². The van der Waals surface area contributed by atoms with Gasteiger partial charge in [0.2, 0.25) is 0 Å². The van der Waals surface area contributed by atoms with Gasteiger partial charge in [-0.1, -0.05) is 0 Å². The van der Waals surface area contributed by atoms with E-state index in [9.17, 15) is 0 Å². The lowest BCUT2D eigenvalue weighted by atomic mass is 9.77. The molecule has 0 spiro atoms. The molecule has 0 saturated carbocycles. The third-order valence-corrected chi connectivity index (χ3v) is 3.97. The first-order valence-corrected chi connectivity index (χ1v) is 5.26. The lowest BCUT2D eigenvalue weighted by molar-refractivity contribution is 0.0135. The monoisotopic (exact) mass is 171 g/mol. The molecule has 0 aromatic rings. The van der Waals surface area contributed by atoms with Crippen LogP contribution < -0.4 is 0 Å². The van der Waals surface area contributed by atoms with Gasteiger partial charge in [-0.2, -0.15) is 12.6 Å². The van der Waals surface area contributed by atoms with Crippen LogP contribution in [0.1, 0.15) is 26.2 Å². The van der Waals surface area contributed by atoms with Crippen molar-refractivity contribution < 1.29 is 0 Å². The topological polar surface area (TPSA) is 3.24 Å². The van der Waals surface area contributed by atoms with E-state index in [-0.39, 0.29) is 0 Å². The third kappa shape index (κ3) is 1.03. The Morgan fingerprint density at radius 3 is 2.82 bits per heavy atom. The maximum Gasteiger partial charge on any atom is 0.0222 e. The maximum absolute atomic E-state index is 4.31. The third-order valence-electron chi connectivity index (χ3n) is 3.71. The van der Waals surface area contributed by atoms with Gasteiger partial charge in [0.1, 0.15) is 0 Å². The highest BCUT2D eigenvalue weighted by Crippen LogP contribution is 2.45. The molecule has 0 radical (unpaired) electrons. The Hall–Kier alpha value is 0.310. The van der Waals surface area contributed by atoms with E-state index in [2.05, 4.69) is 24.5 Å². The van der Waals surface area contributed by atoms with Gasteiger partial charge in [-0.15, -0.1) is 0 Å². The highest BCUT2D eigenvalue weighted by molar-refractivity contribution is 7.80. The van der Waals surface area contributed by atoms with Crippen LogP contribution in [0.15, 0.2) is 0 Å². The van der Waals surface area contributed by atoms with Gasteiger partial charge < -0.3 is 0 Å². The second-order valence-corrected chi connectivity index (χ2v) is 4.54. The van der Waals surface area contributed by atoms with Gasteiger partial charge >= 0.3 is 0 Å². The molecule has 0 amide bonds. The molecule has 1 unspecified atom stereocenters. The zero-order valence-electron chi connectivity index (χ0n) is 7.21. The summed E-state index contributed by atoms with van der Waals surface area (Å²) in [5.41, 5.74) is 0.586. The quantitative estimate of drug-likeness (QED) is 0.620. The van der Waals surface area contributed by atoms with E-state index in [1.807, 2.05) is 0 Å². The van der Waals surface area contributed by atoms with Crippen LogP contribution >= 0.6 is 12.6 Å². The number of hydrogen-bond acceptors (Lipinski definition) is 2. The maximum atomic E-state index is 4.31. The number of rotatable bonds is 2. The zero-order chi connectivity index (χ0) is 7.90. The van der Waals surface area contributed by atoms with Crippen molar-refractivity contribution in [2.24, 2.45) is 5.92 Å². The Bertz CT molecular complexity index is 158. The van der Waals surface area contributed by atoms with E-state index >= 15 is 0 Å². The highest BCUT2D eigenvalue weighted by Gasteiger charge is 2.49. The van der Waals surface area contributed by atoms with Gasteiger partial charge in [0, 0.05) is 12.1 Å². The van der Waals surface area contributed by atoms with Crippen LogP contribution in [0.2, 0.25) is 0 Å². The van der Waals surface area contributed by atoms with E-state index in [0.717, 1.165) is 11.7 Å². The Labute approximate surface area is 74.6 Å². The first-order valence-electron chi connectivity index (χ1n) is 4.63. The van der Waals surface area contributed by atoms with Gasteiger partial charge in [-0.25, -0.2) is 0 Å². The highest BCUT2D eigenvalue weighted by atomic mass is 32.1. The van der Waals surface area contributed by atoms with Crippen molar-refractivity contribution in [3.05, 3.63) is 0 Å². The van der Waals surface area contributed by atoms with Gasteiger partial charge in [-0.3, -0.25) is 4.90 Å². The molecule has 1 nitrogen and oxygen atoms in total. The van der Waals surface area contributed by atoms with Crippen LogP contribution in [0.4, 0.5) is 0 Å². The predicted octanol–water partition coefficient (Wildman–Crippen LogP) is 1.79. The van der Waals surface area contributed by atoms with E-state index in [0.29, 0.717) is 5.54 Å². The second-order valence-electron chi connectivity index (χ2n) is 4.09. The molecule has 2 heteroatoms. The standard InChI is InChI=1S/C9H17NS/c1-9-4-6-10(9)5-2-8(9)3-7-11/h8,11H,2-7H2,1H3/t8?,9-/m0/s1. The molecule has 0 N–H and O–H groups in total. The minimum absolute atomic E-state index is 0.586. The minimum Gasteiger partial charge on any atom is -0.298 e. The second kappa shape index (κ2) is 2.67. The molecule has 2 fully saturated rings. The van der Waals surface area contributed by atoms with Gasteiger partial charge in [0.25, 0.3) is 0 Å². The fourth-order valence-corrected chi connectivity index (χ4v) is 3.00. The molecule has 11 heavy (non-hydrogen) atoms. The molecule has 2 aliphatic rings. The Morgan fingerprint density at radius 1 is 1.55 bits per heavy atom. The minimum atomic E-state index is 0.586. The molecule has 64 valence electrons. The summed E-state index contributed by atoms with van der Waals surface area (Å²) in [4.78, 5) is 2.64.